The molecular formula is C20H25ClN2O2. The lowest BCUT2D eigenvalue weighted by atomic mass is 10.0. The first-order valence-electron chi connectivity index (χ1n) is 8.11. The van der Waals surface area contributed by atoms with Crippen molar-refractivity contribution in [3.05, 3.63) is 60.2 Å². The predicted octanol–water partition coefficient (Wildman–Crippen LogP) is 3.59. The second kappa shape index (κ2) is 9.35. The van der Waals surface area contributed by atoms with Gasteiger partial charge in [0.25, 0.3) is 0 Å². The highest BCUT2D eigenvalue weighted by Crippen LogP contribution is 2.20. The van der Waals surface area contributed by atoms with Crippen molar-refractivity contribution >= 4 is 24.1 Å². The molecule has 0 atom stereocenters. The van der Waals surface area contributed by atoms with E-state index in [1.165, 1.54) is 0 Å². The van der Waals surface area contributed by atoms with Gasteiger partial charge in [0.1, 0.15) is 0 Å². The molecule has 2 aromatic rings. The third-order valence-corrected chi connectivity index (χ3v) is 3.88. The number of nitrogens with two attached hydrogens (primary N) is 1. The van der Waals surface area contributed by atoms with Gasteiger partial charge in [-0.1, -0.05) is 54.6 Å². The Morgan fingerprint density at radius 2 is 1.48 bits per heavy atom. The Morgan fingerprint density at radius 3 is 2.04 bits per heavy atom. The standard InChI is InChI=1S/C20H24N2O2.ClH/c1-20(2,14-21)22-19(24)13-12-18(23)17-10-8-16(9-11-17)15-6-4-3-5-7-15;/h3-11H,12-14,21H2,1-2H3,(H,22,24);1H. The van der Waals surface area contributed by atoms with Gasteiger partial charge >= 0.3 is 0 Å². The van der Waals surface area contributed by atoms with Gasteiger partial charge in [-0.2, -0.15) is 0 Å². The molecule has 0 fully saturated rings. The zero-order valence-electron chi connectivity index (χ0n) is 14.6. The van der Waals surface area contributed by atoms with E-state index >= 15 is 0 Å². The molecule has 0 saturated heterocycles. The van der Waals surface area contributed by atoms with E-state index in [2.05, 4.69) is 5.32 Å². The van der Waals surface area contributed by atoms with Crippen molar-refractivity contribution in [2.24, 2.45) is 5.73 Å². The number of Topliss-reactive ketones (excluding diaryl/α,β-unsaturated/α-hetero) is 1. The first kappa shape index (κ1) is 20.9. The van der Waals surface area contributed by atoms with Gasteiger partial charge < -0.3 is 11.1 Å². The Labute approximate surface area is 155 Å². The van der Waals surface area contributed by atoms with Crippen molar-refractivity contribution in [2.45, 2.75) is 32.2 Å². The molecule has 4 nitrogen and oxygen atoms in total. The van der Waals surface area contributed by atoms with Gasteiger partial charge in [-0.25, -0.2) is 0 Å². The Balaban J connectivity index is 0.00000312. The molecule has 0 unspecified atom stereocenters. The lowest BCUT2D eigenvalue weighted by Gasteiger charge is -2.24. The van der Waals surface area contributed by atoms with Gasteiger partial charge in [0.15, 0.2) is 5.78 Å². The molecule has 0 bridgehead atoms. The summed E-state index contributed by atoms with van der Waals surface area (Å²) in [6.45, 7) is 4.07. The van der Waals surface area contributed by atoms with Crippen LogP contribution in [0.25, 0.3) is 11.1 Å². The summed E-state index contributed by atoms with van der Waals surface area (Å²) in [5.41, 5.74) is 7.94. The Hall–Kier alpha value is -2.17. The molecule has 5 heteroatoms. The number of nitrogens with one attached hydrogen (secondary N) is 1. The van der Waals surface area contributed by atoms with Crippen LogP contribution in [0.3, 0.4) is 0 Å². The van der Waals surface area contributed by atoms with Gasteiger partial charge in [-0.15, -0.1) is 12.4 Å². The second-order valence-electron chi connectivity index (χ2n) is 6.50. The Bertz CT molecular complexity index is 697. The van der Waals surface area contributed by atoms with Crippen molar-refractivity contribution in [1.82, 2.24) is 5.32 Å². The summed E-state index contributed by atoms with van der Waals surface area (Å²) in [6, 6.07) is 17.5. The SMILES string of the molecule is CC(C)(CN)NC(=O)CCC(=O)c1ccc(-c2ccccc2)cc1.Cl. The molecular weight excluding hydrogens is 336 g/mol. The van der Waals surface area contributed by atoms with E-state index in [0.717, 1.165) is 11.1 Å². The topological polar surface area (TPSA) is 72.2 Å². The van der Waals surface area contributed by atoms with Crippen molar-refractivity contribution < 1.29 is 9.59 Å². The van der Waals surface area contributed by atoms with Crippen LogP contribution in [-0.4, -0.2) is 23.8 Å². The normalized spacial score (nSPS) is 10.7. The molecule has 25 heavy (non-hydrogen) atoms. The maximum atomic E-state index is 12.2. The third kappa shape index (κ3) is 6.33. The number of halogens is 1. The van der Waals surface area contributed by atoms with Crippen LogP contribution >= 0.6 is 12.4 Å². The molecule has 0 heterocycles. The van der Waals surface area contributed by atoms with E-state index in [9.17, 15) is 9.59 Å². The van der Waals surface area contributed by atoms with E-state index < -0.39 is 5.54 Å². The Morgan fingerprint density at radius 1 is 0.920 bits per heavy atom. The van der Waals surface area contributed by atoms with Crippen molar-refractivity contribution in [3.63, 3.8) is 0 Å². The fourth-order valence-corrected chi connectivity index (χ4v) is 2.34. The molecule has 0 saturated carbocycles. The minimum Gasteiger partial charge on any atom is -0.350 e. The van der Waals surface area contributed by atoms with Crippen molar-refractivity contribution in [3.8, 4) is 11.1 Å². The van der Waals surface area contributed by atoms with Gasteiger partial charge in [0.05, 0.1) is 0 Å². The van der Waals surface area contributed by atoms with Crippen LogP contribution in [0, 0.1) is 0 Å². The number of hydrogen-bond acceptors (Lipinski definition) is 3. The minimum absolute atomic E-state index is 0. The van der Waals surface area contributed by atoms with Gasteiger partial charge in [0.2, 0.25) is 5.91 Å². The van der Waals surface area contributed by atoms with E-state index in [1.807, 2.05) is 68.4 Å². The molecule has 0 aliphatic rings. The zero-order valence-corrected chi connectivity index (χ0v) is 15.4. The maximum absolute atomic E-state index is 12.2. The number of hydrogen-bond donors (Lipinski definition) is 2. The predicted molar refractivity (Wildman–Crippen MR) is 104 cm³/mol. The number of carbonyl (C=O) groups excluding carboxylic acids is 2. The first-order chi connectivity index (χ1) is 11.4. The maximum Gasteiger partial charge on any atom is 0.220 e. The van der Waals surface area contributed by atoms with Crippen LogP contribution in [-0.2, 0) is 4.79 Å². The number of carbonyl (C=O) groups is 2. The van der Waals surface area contributed by atoms with Crippen LogP contribution < -0.4 is 11.1 Å². The van der Waals surface area contributed by atoms with E-state index in [1.54, 1.807) is 0 Å². The quantitative estimate of drug-likeness (QED) is 0.741. The van der Waals surface area contributed by atoms with Gasteiger partial charge in [-0.05, 0) is 25.0 Å². The van der Waals surface area contributed by atoms with E-state index in [-0.39, 0.29) is 36.9 Å². The second-order valence-corrected chi connectivity index (χ2v) is 6.50. The Kier molecular flexibility index (Phi) is 7.81. The van der Waals surface area contributed by atoms with E-state index in [4.69, 9.17) is 5.73 Å². The fraction of sp³-hybridized carbons (Fsp3) is 0.300. The average molecular weight is 361 g/mol. The summed E-state index contributed by atoms with van der Waals surface area (Å²) in [5.74, 6) is -0.185. The molecule has 0 aliphatic heterocycles. The zero-order chi connectivity index (χ0) is 17.6. The summed E-state index contributed by atoms with van der Waals surface area (Å²) < 4.78 is 0. The molecule has 0 aliphatic carbocycles. The smallest absolute Gasteiger partial charge is 0.220 e. The highest BCUT2D eigenvalue weighted by atomic mass is 35.5. The van der Waals surface area contributed by atoms with Crippen molar-refractivity contribution in [1.29, 1.82) is 0 Å². The molecule has 134 valence electrons. The summed E-state index contributed by atoms with van der Waals surface area (Å²) >= 11 is 0. The molecule has 1 amide bonds. The fourth-order valence-electron chi connectivity index (χ4n) is 2.34. The average Bonchev–Trinajstić information content (AvgIpc) is 2.60. The number of benzene rings is 2. The number of amides is 1. The molecule has 0 radical (unpaired) electrons. The summed E-state index contributed by atoms with van der Waals surface area (Å²) in [5, 5.41) is 2.83. The third-order valence-electron chi connectivity index (χ3n) is 3.88. The van der Waals surface area contributed by atoms with Crippen LogP contribution in [0.1, 0.15) is 37.0 Å². The molecule has 2 rings (SSSR count). The summed E-state index contributed by atoms with van der Waals surface area (Å²) in [6.07, 6.45) is 0.361. The number of rotatable bonds is 7. The molecule has 0 spiro atoms. The highest BCUT2D eigenvalue weighted by Gasteiger charge is 2.18. The highest BCUT2D eigenvalue weighted by molar-refractivity contribution is 5.98. The molecule has 0 aromatic heterocycles. The van der Waals surface area contributed by atoms with E-state index in [0.29, 0.717) is 12.1 Å². The van der Waals surface area contributed by atoms with Crippen molar-refractivity contribution in [2.75, 3.05) is 6.54 Å². The lowest BCUT2D eigenvalue weighted by molar-refractivity contribution is -0.122. The summed E-state index contributed by atoms with van der Waals surface area (Å²) in [7, 11) is 0. The van der Waals surface area contributed by atoms with Crippen LogP contribution in [0.15, 0.2) is 54.6 Å². The minimum atomic E-state index is -0.447. The van der Waals surface area contributed by atoms with Crippen LogP contribution in [0.5, 0.6) is 0 Å². The largest absolute Gasteiger partial charge is 0.350 e. The van der Waals surface area contributed by atoms with Gasteiger partial charge in [0, 0.05) is 30.5 Å². The molecule has 2 aromatic carbocycles. The lowest BCUT2D eigenvalue weighted by Crippen LogP contribution is -2.48. The monoisotopic (exact) mass is 360 g/mol. The first-order valence-corrected chi connectivity index (χ1v) is 8.11. The van der Waals surface area contributed by atoms with Crippen LogP contribution in [0.2, 0.25) is 0 Å². The van der Waals surface area contributed by atoms with Gasteiger partial charge in [-0.3, -0.25) is 9.59 Å². The number of ketones is 1. The molecule has 3 N–H and O–H groups in total. The summed E-state index contributed by atoms with van der Waals surface area (Å²) in [4.78, 5) is 24.1. The van der Waals surface area contributed by atoms with Crippen LogP contribution in [0.4, 0.5) is 0 Å².